The van der Waals surface area contributed by atoms with E-state index in [-0.39, 0.29) is 12.0 Å². The number of benzene rings is 1. The van der Waals surface area contributed by atoms with Crippen molar-refractivity contribution >= 4 is 28.4 Å². The number of hydrogen-bond acceptors (Lipinski definition) is 7. The van der Waals surface area contributed by atoms with Gasteiger partial charge in [-0.3, -0.25) is 9.78 Å². The van der Waals surface area contributed by atoms with Crippen LogP contribution in [0, 0.1) is 0 Å². The summed E-state index contributed by atoms with van der Waals surface area (Å²) in [5.74, 6) is 0.425. The van der Waals surface area contributed by atoms with Crippen LogP contribution in [-0.4, -0.2) is 57.1 Å². The first-order chi connectivity index (χ1) is 17.4. The van der Waals surface area contributed by atoms with E-state index in [1.807, 2.05) is 54.1 Å². The van der Waals surface area contributed by atoms with Gasteiger partial charge < -0.3 is 24.8 Å². The monoisotopic (exact) mass is 483 g/mol. The summed E-state index contributed by atoms with van der Waals surface area (Å²) in [7, 11) is 5.39. The largest absolute Gasteiger partial charge is 0.386 e. The normalized spacial score (nSPS) is 15.2. The van der Waals surface area contributed by atoms with Gasteiger partial charge in [0, 0.05) is 63.3 Å². The summed E-state index contributed by atoms with van der Waals surface area (Å²) in [5.41, 5.74) is 5.91. The van der Waals surface area contributed by atoms with Crippen LogP contribution in [0.4, 0.5) is 11.6 Å². The lowest BCUT2D eigenvalue weighted by Gasteiger charge is -2.11. The molecule has 0 bridgehead atoms. The second-order valence-electron chi connectivity index (χ2n) is 9.12. The standard InChI is InChI=1S/C27H29N7O2/c1-17-11-21(15-30-17)36-16-18-7-9-28-23(12-18)22-8-10-29-27(32-22)31-20-6-5-19-13-25(26(35)33(2)3)34(4)24(19)14-20/h5-10,12-14,21,30H,1,11,15-16H2,2-4H3,(H,29,31,32). The number of fused-ring (bicyclic) bond motifs is 1. The van der Waals surface area contributed by atoms with Gasteiger partial charge in [-0.1, -0.05) is 12.6 Å². The Kier molecular flexibility index (Phi) is 6.39. The molecule has 0 aliphatic carbocycles. The van der Waals surface area contributed by atoms with Gasteiger partial charge in [0.05, 0.1) is 29.6 Å². The first-order valence-corrected chi connectivity index (χ1v) is 11.8. The number of nitrogens with one attached hydrogen (secondary N) is 2. The van der Waals surface area contributed by atoms with E-state index in [1.165, 1.54) is 0 Å². The zero-order chi connectivity index (χ0) is 25.2. The number of amides is 1. The highest BCUT2D eigenvalue weighted by atomic mass is 16.5. The van der Waals surface area contributed by atoms with Gasteiger partial charge in [-0.15, -0.1) is 0 Å². The first kappa shape index (κ1) is 23.5. The van der Waals surface area contributed by atoms with Crippen LogP contribution >= 0.6 is 0 Å². The van der Waals surface area contributed by atoms with E-state index in [2.05, 4.69) is 32.2 Å². The van der Waals surface area contributed by atoms with Gasteiger partial charge in [-0.2, -0.15) is 0 Å². The highest BCUT2D eigenvalue weighted by molar-refractivity contribution is 5.99. The lowest BCUT2D eigenvalue weighted by Crippen LogP contribution is -2.23. The van der Waals surface area contributed by atoms with Crippen molar-refractivity contribution in [1.29, 1.82) is 0 Å². The van der Waals surface area contributed by atoms with Crippen molar-refractivity contribution < 1.29 is 9.53 Å². The zero-order valence-corrected chi connectivity index (χ0v) is 20.7. The first-order valence-electron chi connectivity index (χ1n) is 11.8. The molecule has 2 N–H and O–H groups in total. The number of ether oxygens (including phenoxy) is 1. The highest BCUT2D eigenvalue weighted by Gasteiger charge is 2.18. The van der Waals surface area contributed by atoms with Gasteiger partial charge in [0.1, 0.15) is 5.69 Å². The molecule has 1 amide bonds. The number of hydrogen-bond donors (Lipinski definition) is 2. The molecule has 1 aliphatic heterocycles. The molecule has 0 saturated carbocycles. The number of rotatable bonds is 7. The molecule has 3 aromatic heterocycles. The molecular weight excluding hydrogens is 454 g/mol. The Hall–Kier alpha value is -4.24. The Labute approximate surface area is 209 Å². The van der Waals surface area contributed by atoms with E-state index in [0.717, 1.165) is 46.5 Å². The molecule has 9 heteroatoms. The fraction of sp³-hybridized carbons (Fsp3) is 0.259. The molecule has 1 aromatic carbocycles. The van der Waals surface area contributed by atoms with Crippen LogP contribution in [0.25, 0.3) is 22.3 Å². The minimum Gasteiger partial charge on any atom is -0.386 e. The average molecular weight is 484 g/mol. The lowest BCUT2D eigenvalue weighted by molar-refractivity contribution is 0.0553. The molecule has 1 unspecified atom stereocenters. The van der Waals surface area contributed by atoms with Crippen molar-refractivity contribution in [3.8, 4) is 11.4 Å². The molecule has 0 spiro atoms. The molecule has 4 aromatic rings. The Balaban J connectivity index is 1.33. The maximum absolute atomic E-state index is 12.5. The zero-order valence-electron chi connectivity index (χ0n) is 20.7. The Morgan fingerprint density at radius 2 is 2.00 bits per heavy atom. The Morgan fingerprint density at radius 3 is 2.78 bits per heavy atom. The second-order valence-corrected chi connectivity index (χ2v) is 9.12. The summed E-state index contributed by atoms with van der Waals surface area (Å²) in [6.07, 6.45) is 4.45. The molecule has 4 heterocycles. The molecule has 1 fully saturated rings. The van der Waals surface area contributed by atoms with Crippen molar-refractivity contribution in [2.24, 2.45) is 7.05 Å². The van der Waals surface area contributed by atoms with Crippen molar-refractivity contribution in [1.82, 2.24) is 29.7 Å². The number of pyridine rings is 1. The van der Waals surface area contributed by atoms with Gasteiger partial charge >= 0.3 is 0 Å². The van der Waals surface area contributed by atoms with Gasteiger partial charge in [0.25, 0.3) is 5.91 Å². The molecule has 1 aliphatic rings. The van der Waals surface area contributed by atoms with Crippen LogP contribution in [0.3, 0.4) is 0 Å². The van der Waals surface area contributed by atoms with E-state index < -0.39 is 0 Å². The summed E-state index contributed by atoms with van der Waals surface area (Å²) < 4.78 is 7.90. The fourth-order valence-electron chi connectivity index (χ4n) is 4.25. The molecule has 9 nitrogen and oxygen atoms in total. The molecule has 0 radical (unpaired) electrons. The number of aryl methyl sites for hydroxylation is 1. The number of aromatic nitrogens is 4. The highest BCUT2D eigenvalue weighted by Crippen LogP contribution is 2.25. The molecule has 1 saturated heterocycles. The average Bonchev–Trinajstić information content (AvgIpc) is 3.45. The Bertz CT molecular complexity index is 1440. The van der Waals surface area contributed by atoms with Crippen molar-refractivity contribution in [3.63, 3.8) is 0 Å². The summed E-state index contributed by atoms with van der Waals surface area (Å²) in [6, 6.07) is 13.6. The summed E-state index contributed by atoms with van der Waals surface area (Å²) in [6.45, 7) is 5.24. The van der Waals surface area contributed by atoms with Gasteiger partial charge in [0.2, 0.25) is 5.95 Å². The van der Waals surface area contributed by atoms with Crippen molar-refractivity contribution in [3.05, 3.63) is 78.4 Å². The lowest BCUT2D eigenvalue weighted by atomic mass is 10.2. The van der Waals surface area contributed by atoms with Crippen LogP contribution in [0.5, 0.6) is 0 Å². The predicted molar refractivity (Wildman–Crippen MR) is 140 cm³/mol. The second kappa shape index (κ2) is 9.79. The van der Waals surface area contributed by atoms with Crippen molar-refractivity contribution in [2.75, 3.05) is 26.0 Å². The Morgan fingerprint density at radius 1 is 1.17 bits per heavy atom. The number of carbonyl (C=O) groups is 1. The van der Waals surface area contributed by atoms with E-state index in [0.29, 0.717) is 23.9 Å². The quantitative estimate of drug-likeness (QED) is 0.412. The molecule has 5 rings (SSSR count). The van der Waals surface area contributed by atoms with Crippen LogP contribution in [0.2, 0.25) is 0 Å². The van der Waals surface area contributed by atoms with Crippen molar-refractivity contribution in [2.45, 2.75) is 19.1 Å². The van der Waals surface area contributed by atoms with E-state index in [1.54, 1.807) is 31.4 Å². The topological polar surface area (TPSA) is 97.2 Å². The number of anilines is 2. The predicted octanol–water partition coefficient (Wildman–Crippen LogP) is 3.87. The summed E-state index contributed by atoms with van der Waals surface area (Å²) in [5, 5.41) is 7.49. The molecule has 36 heavy (non-hydrogen) atoms. The number of nitrogens with zero attached hydrogens (tertiary/aromatic N) is 5. The maximum Gasteiger partial charge on any atom is 0.269 e. The summed E-state index contributed by atoms with van der Waals surface area (Å²) >= 11 is 0. The van der Waals surface area contributed by atoms with E-state index in [9.17, 15) is 4.79 Å². The number of carbonyl (C=O) groups excluding carboxylic acids is 1. The maximum atomic E-state index is 12.5. The summed E-state index contributed by atoms with van der Waals surface area (Å²) in [4.78, 5) is 27.6. The van der Waals surface area contributed by atoms with Gasteiger partial charge in [-0.25, -0.2) is 9.97 Å². The third-order valence-electron chi connectivity index (χ3n) is 6.21. The van der Waals surface area contributed by atoms with E-state index in [4.69, 9.17) is 4.74 Å². The third kappa shape index (κ3) is 4.92. The fourth-order valence-corrected chi connectivity index (χ4v) is 4.25. The van der Waals surface area contributed by atoms with E-state index >= 15 is 0 Å². The smallest absolute Gasteiger partial charge is 0.269 e. The minimum absolute atomic E-state index is 0.0373. The van der Waals surface area contributed by atoms with Crippen LogP contribution in [-0.2, 0) is 18.4 Å². The van der Waals surface area contributed by atoms with Gasteiger partial charge in [-0.05, 0) is 42.0 Å². The van der Waals surface area contributed by atoms with Crippen LogP contribution < -0.4 is 10.6 Å². The minimum atomic E-state index is -0.0373. The molecule has 1 atom stereocenters. The van der Waals surface area contributed by atoms with Crippen LogP contribution in [0.1, 0.15) is 22.5 Å². The van der Waals surface area contributed by atoms with Gasteiger partial charge in [0.15, 0.2) is 0 Å². The van der Waals surface area contributed by atoms with Crippen LogP contribution in [0.15, 0.2) is 67.1 Å². The molecular formula is C27H29N7O2. The SMILES string of the molecule is C=C1CC(OCc2ccnc(-c3ccnc(Nc4ccc5cc(C(=O)N(C)C)n(C)c5c4)n3)c2)CN1. The third-order valence-corrected chi connectivity index (χ3v) is 6.21. The molecule has 184 valence electrons.